The number of amides is 1. The number of carbonyl (C=O) groups is 3. The number of Topliss-reactive ketones (excluding diaryl/α,β-unsaturated/α-hetero) is 1. The highest BCUT2D eigenvalue weighted by atomic mass is 35.5. The molecule has 11 nitrogen and oxygen atoms in total. The first kappa shape index (κ1) is 25.9. The van der Waals surface area contributed by atoms with E-state index in [1.165, 1.54) is 31.2 Å². The Hall–Kier alpha value is -3.35. The average Bonchev–Trinajstić information content (AvgIpc) is 2.75. The molecule has 0 aliphatic rings. The summed E-state index contributed by atoms with van der Waals surface area (Å²) >= 11 is 5.80. The fourth-order valence-electron chi connectivity index (χ4n) is 2.77. The maximum Gasteiger partial charge on any atom is 0.330 e. The van der Waals surface area contributed by atoms with Crippen LogP contribution in [0.1, 0.15) is 25.5 Å². The number of halogens is 1. The Balaban J connectivity index is 2.35. The van der Waals surface area contributed by atoms with Gasteiger partial charge < -0.3 is 10.4 Å². The fraction of sp³-hybridized carbons (Fsp3) is 0.250. The average molecular weight is 498 g/mol. The van der Waals surface area contributed by atoms with Gasteiger partial charge in [-0.2, -0.15) is 4.72 Å². The Bertz CT molecular complexity index is 1170. The summed E-state index contributed by atoms with van der Waals surface area (Å²) in [4.78, 5) is 46.3. The standard InChI is InChI=1S/C20H20ClN3O8S/c1-11(12(2)25)17(23-33(31,32)16-9-7-15(8-10-16)24(29)30)19(26)22-18(20(27)28)13-3-5-14(21)6-4-13/h3-11,17-18,23H,1-2H3,(H,22,26)(H,27,28). The van der Waals surface area contributed by atoms with Crippen molar-refractivity contribution in [3.05, 3.63) is 69.2 Å². The van der Waals surface area contributed by atoms with E-state index in [2.05, 4.69) is 10.0 Å². The maximum absolute atomic E-state index is 12.9. The van der Waals surface area contributed by atoms with Crippen LogP contribution in [0.2, 0.25) is 5.02 Å². The molecule has 0 aliphatic carbocycles. The lowest BCUT2D eigenvalue weighted by Gasteiger charge is -2.25. The summed E-state index contributed by atoms with van der Waals surface area (Å²) in [6.07, 6.45) is 0. The first-order valence-corrected chi connectivity index (χ1v) is 11.3. The van der Waals surface area contributed by atoms with E-state index in [1.807, 2.05) is 0 Å². The normalized spacial score (nSPS) is 14.0. The molecule has 176 valence electrons. The first-order valence-electron chi connectivity index (χ1n) is 9.39. The van der Waals surface area contributed by atoms with Crippen LogP contribution in [0.5, 0.6) is 0 Å². The number of sulfonamides is 1. The second-order valence-electron chi connectivity index (χ2n) is 7.08. The summed E-state index contributed by atoms with van der Waals surface area (Å²) in [6, 6.07) is 6.30. The van der Waals surface area contributed by atoms with Crippen LogP contribution in [0.4, 0.5) is 5.69 Å². The second kappa shape index (κ2) is 10.5. The number of carboxylic acids is 1. The van der Waals surface area contributed by atoms with Crippen molar-refractivity contribution in [3.8, 4) is 0 Å². The van der Waals surface area contributed by atoms with E-state index >= 15 is 0 Å². The van der Waals surface area contributed by atoms with Crippen LogP contribution in [0.3, 0.4) is 0 Å². The monoisotopic (exact) mass is 497 g/mol. The quantitative estimate of drug-likeness (QED) is 0.330. The smallest absolute Gasteiger partial charge is 0.330 e. The first-order chi connectivity index (χ1) is 15.3. The predicted octanol–water partition coefficient (Wildman–Crippen LogP) is 2.06. The summed E-state index contributed by atoms with van der Waals surface area (Å²) < 4.78 is 27.7. The van der Waals surface area contributed by atoms with Crippen LogP contribution in [0.15, 0.2) is 53.4 Å². The molecule has 0 fully saturated rings. The number of nitro benzene ring substituents is 1. The molecule has 2 rings (SSSR count). The molecule has 0 heterocycles. The number of carbonyl (C=O) groups excluding carboxylic acids is 2. The van der Waals surface area contributed by atoms with Gasteiger partial charge in [0, 0.05) is 23.1 Å². The van der Waals surface area contributed by atoms with Gasteiger partial charge in [0.15, 0.2) is 6.04 Å². The third-order valence-corrected chi connectivity index (χ3v) is 6.51. The van der Waals surface area contributed by atoms with Gasteiger partial charge in [-0.1, -0.05) is 30.7 Å². The second-order valence-corrected chi connectivity index (χ2v) is 9.23. The highest BCUT2D eigenvalue weighted by molar-refractivity contribution is 7.89. The number of nitrogens with one attached hydrogen (secondary N) is 2. The van der Waals surface area contributed by atoms with Crippen molar-refractivity contribution < 1.29 is 32.8 Å². The summed E-state index contributed by atoms with van der Waals surface area (Å²) in [5, 5.41) is 22.9. The van der Waals surface area contributed by atoms with Crippen molar-refractivity contribution in [3.63, 3.8) is 0 Å². The molecule has 0 saturated heterocycles. The fourth-order valence-corrected chi connectivity index (χ4v) is 4.18. The van der Waals surface area contributed by atoms with Gasteiger partial charge in [0.1, 0.15) is 11.8 Å². The molecule has 3 N–H and O–H groups in total. The maximum atomic E-state index is 12.9. The van der Waals surface area contributed by atoms with Crippen molar-refractivity contribution in [2.45, 2.75) is 30.8 Å². The third-order valence-electron chi connectivity index (χ3n) is 4.80. The van der Waals surface area contributed by atoms with Crippen molar-refractivity contribution >= 4 is 45.0 Å². The van der Waals surface area contributed by atoms with E-state index in [4.69, 9.17) is 11.6 Å². The van der Waals surface area contributed by atoms with Gasteiger partial charge in [-0.3, -0.25) is 19.7 Å². The molecule has 0 aliphatic heterocycles. The summed E-state index contributed by atoms with van der Waals surface area (Å²) in [7, 11) is -4.40. The number of nitrogens with zero attached hydrogens (tertiary/aromatic N) is 1. The third kappa shape index (κ3) is 6.57. The Morgan fingerprint density at radius 2 is 1.61 bits per heavy atom. The van der Waals surface area contributed by atoms with E-state index < -0.39 is 50.6 Å². The van der Waals surface area contributed by atoms with E-state index in [-0.39, 0.29) is 16.1 Å². The Labute approximate surface area is 194 Å². The van der Waals surface area contributed by atoms with Gasteiger partial charge in [-0.05, 0) is 36.8 Å². The molecule has 33 heavy (non-hydrogen) atoms. The predicted molar refractivity (Wildman–Crippen MR) is 117 cm³/mol. The number of nitro groups is 1. The molecule has 13 heteroatoms. The van der Waals surface area contributed by atoms with E-state index in [0.29, 0.717) is 5.02 Å². The summed E-state index contributed by atoms with van der Waals surface area (Å²) in [5.74, 6) is -4.15. The molecule has 2 aromatic carbocycles. The zero-order valence-corrected chi connectivity index (χ0v) is 19.0. The zero-order valence-electron chi connectivity index (χ0n) is 17.4. The number of carboxylic acid groups (broad SMARTS) is 1. The van der Waals surface area contributed by atoms with E-state index in [0.717, 1.165) is 31.2 Å². The number of benzene rings is 2. The van der Waals surface area contributed by atoms with Gasteiger partial charge in [-0.25, -0.2) is 13.2 Å². The minimum absolute atomic E-state index is 0.174. The lowest BCUT2D eigenvalue weighted by molar-refractivity contribution is -0.384. The minimum atomic E-state index is -4.40. The van der Waals surface area contributed by atoms with Gasteiger partial charge in [-0.15, -0.1) is 0 Å². The van der Waals surface area contributed by atoms with Crippen LogP contribution in [0.25, 0.3) is 0 Å². The van der Waals surface area contributed by atoms with Crippen LogP contribution < -0.4 is 10.0 Å². The number of hydrogen-bond acceptors (Lipinski definition) is 7. The lowest BCUT2D eigenvalue weighted by atomic mass is 9.97. The Morgan fingerprint density at radius 3 is 2.06 bits per heavy atom. The molecular weight excluding hydrogens is 478 g/mol. The van der Waals surface area contributed by atoms with Gasteiger partial charge in [0.05, 0.1) is 9.82 Å². The number of ketones is 1. The molecule has 0 bridgehead atoms. The van der Waals surface area contributed by atoms with Crippen LogP contribution in [0, 0.1) is 16.0 Å². The molecule has 0 saturated carbocycles. The summed E-state index contributed by atoms with van der Waals surface area (Å²) in [6.45, 7) is 2.46. The highest BCUT2D eigenvalue weighted by Crippen LogP contribution is 2.20. The summed E-state index contributed by atoms with van der Waals surface area (Å²) in [5.41, 5.74) is -0.166. The Kier molecular flexibility index (Phi) is 8.25. The SMILES string of the molecule is CC(=O)C(C)C(NS(=O)(=O)c1ccc([N+](=O)[O-])cc1)C(=O)NC(C(=O)O)c1ccc(Cl)cc1. The molecule has 2 aromatic rings. The van der Waals surface area contributed by atoms with Gasteiger partial charge >= 0.3 is 5.97 Å². The van der Waals surface area contributed by atoms with Crippen LogP contribution in [-0.4, -0.2) is 42.1 Å². The van der Waals surface area contributed by atoms with E-state index in [1.54, 1.807) is 0 Å². The highest BCUT2D eigenvalue weighted by Gasteiger charge is 2.35. The number of aliphatic carboxylic acids is 1. The topological polar surface area (TPSA) is 173 Å². The largest absolute Gasteiger partial charge is 0.479 e. The van der Waals surface area contributed by atoms with E-state index in [9.17, 15) is 38.0 Å². The molecule has 0 spiro atoms. The van der Waals surface area contributed by atoms with Crippen molar-refractivity contribution in [2.75, 3.05) is 0 Å². The minimum Gasteiger partial charge on any atom is -0.479 e. The van der Waals surface area contributed by atoms with Crippen molar-refractivity contribution in [2.24, 2.45) is 5.92 Å². The molecule has 0 aromatic heterocycles. The molecular formula is C20H20ClN3O8S. The van der Waals surface area contributed by atoms with Crippen LogP contribution in [-0.2, 0) is 24.4 Å². The zero-order chi connectivity index (χ0) is 24.9. The lowest BCUT2D eigenvalue weighted by Crippen LogP contribution is -2.53. The van der Waals surface area contributed by atoms with Gasteiger partial charge in [0.2, 0.25) is 15.9 Å². The molecule has 0 radical (unpaired) electrons. The Morgan fingerprint density at radius 1 is 1.06 bits per heavy atom. The molecule has 3 unspecified atom stereocenters. The molecule has 1 amide bonds. The number of hydrogen-bond donors (Lipinski definition) is 3. The van der Waals surface area contributed by atoms with Crippen molar-refractivity contribution in [1.29, 1.82) is 0 Å². The number of non-ortho nitro benzene ring substituents is 1. The molecule has 3 atom stereocenters. The van der Waals surface area contributed by atoms with Crippen LogP contribution >= 0.6 is 11.6 Å². The van der Waals surface area contributed by atoms with Crippen molar-refractivity contribution in [1.82, 2.24) is 10.0 Å². The number of rotatable bonds is 10. The van der Waals surface area contributed by atoms with Gasteiger partial charge in [0.25, 0.3) is 5.69 Å².